The molecule has 1 saturated heterocycles. The van der Waals surface area contributed by atoms with E-state index in [0.717, 1.165) is 26.2 Å². The summed E-state index contributed by atoms with van der Waals surface area (Å²) in [6.07, 6.45) is 3.19. The van der Waals surface area contributed by atoms with Gasteiger partial charge in [-0.25, -0.2) is 0 Å². The zero-order valence-electron chi connectivity index (χ0n) is 10.9. The van der Waals surface area contributed by atoms with E-state index in [9.17, 15) is 0 Å². The van der Waals surface area contributed by atoms with Gasteiger partial charge in [-0.2, -0.15) is 0 Å². The average Bonchev–Trinajstić information content (AvgIpc) is 2.60. The molecule has 0 saturated carbocycles. The van der Waals surface area contributed by atoms with Gasteiger partial charge in [0.05, 0.1) is 5.54 Å². The SMILES string of the molecule is CC1(c2ccccc2)CN(C/C=C/Cl)CCCN1. The molecule has 1 aromatic carbocycles. The van der Waals surface area contributed by atoms with Gasteiger partial charge >= 0.3 is 0 Å². The van der Waals surface area contributed by atoms with E-state index in [4.69, 9.17) is 11.6 Å². The van der Waals surface area contributed by atoms with E-state index >= 15 is 0 Å². The fourth-order valence-electron chi connectivity index (χ4n) is 2.59. The molecule has 0 bridgehead atoms. The van der Waals surface area contributed by atoms with Gasteiger partial charge in [0.1, 0.15) is 0 Å². The first kappa shape index (κ1) is 13.6. The Morgan fingerprint density at radius 1 is 1.39 bits per heavy atom. The van der Waals surface area contributed by atoms with Gasteiger partial charge in [0.15, 0.2) is 0 Å². The minimum Gasteiger partial charge on any atom is -0.307 e. The number of nitrogens with one attached hydrogen (secondary N) is 1. The molecular formula is C15H21ClN2. The second-order valence-corrected chi connectivity index (χ2v) is 5.33. The normalized spacial score (nSPS) is 26.3. The third kappa shape index (κ3) is 3.35. The number of halogens is 1. The van der Waals surface area contributed by atoms with Gasteiger partial charge < -0.3 is 5.32 Å². The van der Waals surface area contributed by atoms with Crippen LogP contribution >= 0.6 is 11.6 Å². The van der Waals surface area contributed by atoms with Crippen LogP contribution in [0.15, 0.2) is 41.9 Å². The fraction of sp³-hybridized carbons (Fsp3) is 0.467. The lowest BCUT2D eigenvalue weighted by atomic mass is 9.91. The Balaban J connectivity index is 2.15. The van der Waals surface area contributed by atoms with Crippen LogP contribution in [0, 0.1) is 0 Å². The number of hydrogen-bond donors (Lipinski definition) is 1. The largest absolute Gasteiger partial charge is 0.307 e. The molecule has 18 heavy (non-hydrogen) atoms. The van der Waals surface area contributed by atoms with Crippen molar-refractivity contribution >= 4 is 11.6 Å². The Morgan fingerprint density at radius 2 is 2.17 bits per heavy atom. The van der Waals surface area contributed by atoms with Gasteiger partial charge in [-0.15, -0.1) is 0 Å². The minimum atomic E-state index is 0.0257. The topological polar surface area (TPSA) is 15.3 Å². The molecule has 0 aliphatic carbocycles. The van der Waals surface area contributed by atoms with Crippen molar-refractivity contribution in [2.75, 3.05) is 26.2 Å². The first-order valence-corrected chi connectivity index (χ1v) is 6.96. The van der Waals surface area contributed by atoms with Crippen LogP contribution in [0.3, 0.4) is 0 Å². The van der Waals surface area contributed by atoms with Crippen LogP contribution in [-0.2, 0) is 5.54 Å². The fourth-order valence-corrected chi connectivity index (χ4v) is 2.67. The smallest absolute Gasteiger partial charge is 0.0535 e. The van der Waals surface area contributed by atoms with Crippen molar-refractivity contribution in [3.63, 3.8) is 0 Å². The summed E-state index contributed by atoms with van der Waals surface area (Å²) in [5.41, 5.74) is 2.99. The molecule has 2 rings (SSSR count). The molecule has 1 fully saturated rings. The second kappa shape index (κ2) is 6.37. The van der Waals surface area contributed by atoms with Crippen molar-refractivity contribution in [2.45, 2.75) is 18.9 Å². The van der Waals surface area contributed by atoms with E-state index in [0.29, 0.717) is 0 Å². The molecule has 1 aromatic rings. The van der Waals surface area contributed by atoms with Crippen molar-refractivity contribution < 1.29 is 0 Å². The van der Waals surface area contributed by atoms with Gasteiger partial charge in [-0.1, -0.05) is 48.0 Å². The van der Waals surface area contributed by atoms with Crippen molar-refractivity contribution in [1.82, 2.24) is 10.2 Å². The molecule has 98 valence electrons. The molecular weight excluding hydrogens is 244 g/mol. The maximum atomic E-state index is 5.63. The summed E-state index contributed by atoms with van der Waals surface area (Å²) in [6.45, 7) is 6.40. The van der Waals surface area contributed by atoms with Crippen molar-refractivity contribution in [3.05, 3.63) is 47.5 Å². The molecule has 1 aliphatic rings. The van der Waals surface area contributed by atoms with E-state index < -0.39 is 0 Å². The van der Waals surface area contributed by atoms with Crippen LogP contribution in [0.4, 0.5) is 0 Å². The van der Waals surface area contributed by atoms with Crippen LogP contribution in [0.5, 0.6) is 0 Å². The summed E-state index contributed by atoms with van der Waals surface area (Å²) < 4.78 is 0. The monoisotopic (exact) mass is 264 g/mol. The van der Waals surface area contributed by atoms with Gasteiger partial charge in [-0.3, -0.25) is 4.90 Å². The van der Waals surface area contributed by atoms with Gasteiger partial charge in [0.2, 0.25) is 0 Å². The summed E-state index contributed by atoms with van der Waals surface area (Å²) in [5, 5.41) is 3.68. The summed E-state index contributed by atoms with van der Waals surface area (Å²) in [4.78, 5) is 2.45. The van der Waals surface area contributed by atoms with E-state index in [2.05, 4.69) is 47.5 Å². The molecule has 0 radical (unpaired) electrons. The first-order valence-electron chi connectivity index (χ1n) is 6.53. The van der Waals surface area contributed by atoms with Crippen molar-refractivity contribution in [1.29, 1.82) is 0 Å². The lowest BCUT2D eigenvalue weighted by Crippen LogP contribution is -2.46. The first-order chi connectivity index (χ1) is 8.74. The molecule has 1 aliphatic heterocycles. The average molecular weight is 265 g/mol. The maximum absolute atomic E-state index is 5.63. The standard InChI is InChI=1S/C15H21ClN2/c1-15(14-7-3-2-4-8-14)13-18(11-5-9-16)12-6-10-17-15/h2-5,7-9,17H,6,10-13H2,1H3/b9-5+. The summed E-state index contributed by atoms with van der Waals surface area (Å²) in [5.74, 6) is 0. The van der Waals surface area contributed by atoms with Crippen LogP contribution in [0.2, 0.25) is 0 Å². The third-order valence-electron chi connectivity index (χ3n) is 3.57. The van der Waals surface area contributed by atoms with Gasteiger partial charge in [-0.05, 0) is 32.0 Å². The van der Waals surface area contributed by atoms with Gasteiger partial charge in [0.25, 0.3) is 0 Å². The highest BCUT2D eigenvalue weighted by Gasteiger charge is 2.29. The minimum absolute atomic E-state index is 0.0257. The van der Waals surface area contributed by atoms with E-state index in [1.165, 1.54) is 12.0 Å². The van der Waals surface area contributed by atoms with Gasteiger partial charge in [0, 0.05) is 18.6 Å². The molecule has 2 nitrogen and oxygen atoms in total. The Morgan fingerprint density at radius 3 is 2.89 bits per heavy atom. The highest BCUT2D eigenvalue weighted by Crippen LogP contribution is 2.23. The summed E-state index contributed by atoms with van der Waals surface area (Å²) in [6, 6.07) is 10.7. The van der Waals surface area contributed by atoms with E-state index in [1.54, 1.807) is 5.54 Å². The molecule has 0 aromatic heterocycles. The number of benzene rings is 1. The molecule has 0 spiro atoms. The maximum Gasteiger partial charge on any atom is 0.0535 e. The van der Waals surface area contributed by atoms with E-state index in [1.807, 2.05) is 6.08 Å². The Bertz CT molecular complexity index is 391. The Hall–Kier alpha value is -0.830. The molecule has 3 heteroatoms. The highest BCUT2D eigenvalue weighted by atomic mass is 35.5. The molecule has 1 atom stereocenters. The van der Waals surface area contributed by atoms with Crippen LogP contribution < -0.4 is 5.32 Å². The Kier molecular flexibility index (Phi) is 4.81. The second-order valence-electron chi connectivity index (χ2n) is 5.08. The number of rotatable bonds is 3. The number of nitrogens with zero attached hydrogens (tertiary/aromatic N) is 1. The molecule has 1 heterocycles. The van der Waals surface area contributed by atoms with Crippen molar-refractivity contribution in [3.8, 4) is 0 Å². The predicted octanol–water partition coefficient (Wildman–Crippen LogP) is 2.95. The third-order valence-corrected chi connectivity index (χ3v) is 3.75. The molecule has 1 N–H and O–H groups in total. The van der Waals surface area contributed by atoms with Crippen LogP contribution in [0.1, 0.15) is 18.9 Å². The Labute approximate surface area is 115 Å². The number of hydrogen-bond acceptors (Lipinski definition) is 2. The predicted molar refractivity (Wildman–Crippen MR) is 77.8 cm³/mol. The van der Waals surface area contributed by atoms with Crippen molar-refractivity contribution in [2.24, 2.45) is 0 Å². The zero-order valence-corrected chi connectivity index (χ0v) is 11.7. The quantitative estimate of drug-likeness (QED) is 0.903. The molecule has 1 unspecified atom stereocenters. The summed E-state index contributed by atoms with van der Waals surface area (Å²) in [7, 11) is 0. The summed E-state index contributed by atoms with van der Waals surface area (Å²) >= 11 is 5.63. The highest BCUT2D eigenvalue weighted by molar-refractivity contribution is 6.25. The lowest BCUT2D eigenvalue weighted by molar-refractivity contribution is 0.239. The van der Waals surface area contributed by atoms with Crippen LogP contribution in [0.25, 0.3) is 0 Å². The molecule has 0 amide bonds. The zero-order chi connectivity index (χ0) is 12.8. The van der Waals surface area contributed by atoms with E-state index in [-0.39, 0.29) is 5.54 Å². The lowest BCUT2D eigenvalue weighted by Gasteiger charge is -2.33. The van der Waals surface area contributed by atoms with Crippen LogP contribution in [-0.4, -0.2) is 31.1 Å².